The minimum absolute atomic E-state index is 0.295. The molecule has 0 bridgehead atoms. The molecule has 3 rings (SSSR count). The summed E-state index contributed by atoms with van der Waals surface area (Å²) in [5.41, 5.74) is 0.538. The zero-order chi connectivity index (χ0) is 20.2. The van der Waals surface area contributed by atoms with Gasteiger partial charge in [0.05, 0.1) is 5.60 Å². The van der Waals surface area contributed by atoms with E-state index in [1.807, 2.05) is 84.9 Å². The molecular formula is C24H24ClO2P. The predicted octanol–water partition coefficient (Wildman–Crippen LogP) is 5.55. The van der Waals surface area contributed by atoms with Crippen molar-refractivity contribution in [3.63, 3.8) is 0 Å². The fourth-order valence-electron chi connectivity index (χ4n) is 3.26. The van der Waals surface area contributed by atoms with Gasteiger partial charge in [0, 0.05) is 21.8 Å². The van der Waals surface area contributed by atoms with Crippen LogP contribution in [0.1, 0.15) is 25.0 Å². The zero-order valence-electron chi connectivity index (χ0n) is 16.0. The first-order valence-corrected chi connectivity index (χ1v) is 11.4. The summed E-state index contributed by atoms with van der Waals surface area (Å²) >= 11 is 6.21. The molecule has 3 aromatic carbocycles. The topological polar surface area (TPSA) is 37.3 Å². The minimum Gasteiger partial charge on any atom is -0.386 e. The predicted molar refractivity (Wildman–Crippen MR) is 120 cm³/mol. The van der Waals surface area contributed by atoms with Gasteiger partial charge in [-0.25, -0.2) is 0 Å². The van der Waals surface area contributed by atoms with Crippen molar-refractivity contribution >= 4 is 34.7 Å². The highest BCUT2D eigenvalue weighted by Gasteiger charge is 2.35. The number of alkyl halides is 1. The molecule has 4 heteroatoms. The fraction of sp³-hybridized carbons (Fsp3) is 0.167. The molecule has 28 heavy (non-hydrogen) atoms. The van der Waals surface area contributed by atoms with Crippen molar-refractivity contribution in [1.29, 1.82) is 0 Å². The molecule has 0 aliphatic carbocycles. The Labute approximate surface area is 171 Å². The lowest BCUT2D eigenvalue weighted by molar-refractivity contribution is 0.134. The lowest BCUT2D eigenvalue weighted by atomic mass is 10.0. The third-order valence-electron chi connectivity index (χ3n) is 4.51. The van der Waals surface area contributed by atoms with Crippen LogP contribution in [0.4, 0.5) is 0 Å². The zero-order valence-corrected chi connectivity index (χ0v) is 17.7. The standard InChI is InChI=1S/C24H24ClO2P/c1-24(2,26)17-23(22-16-10-9-11-19(22)18-25)28(27,20-12-5-3-6-13-20)21-14-7-4-8-15-21/h3-17,26H,18H2,1-2H3/b23-17-. The Kier molecular flexibility index (Phi) is 6.25. The van der Waals surface area contributed by atoms with Crippen LogP contribution < -0.4 is 10.6 Å². The maximum absolute atomic E-state index is 14.8. The van der Waals surface area contributed by atoms with E-state index in [9.17, 15) is 9.67 Å². The molecule has 1 N–H and O–H groups in total. The fourth-order valence-corrected chi connectivity index (χ4v) is 6.59. The van der Waals surface area contributed by atoms with Crippen LogP contribution in [0.15, 0.2) is 91.0 Å². The molecule has 0 spiro atoms. The van der Waals surface area contributed by atoms with Gasteiger partial charge in [0.1, 0.15) is 0 Å². The van der Waals surface area contributed by atoms with Gasteiger partial charge in [-0.2, -0.15) is 0 Å². The molecule has 0 amide bonds. The molecule has 0 aliphatic heterocycles. The number of benzene rings is 3. The Bertz CT molecular complexity index is 962. The van der Waals surface area contributed by atoms with Crippen molar-refractivity contribution < 1.29 is 9.67 Å². The van der Waals surface area contributed by atoms with Gasteiger partial charge < -0.3 is 9.67 Å². The Morgan fingerprint density at radius 1 is 0.893 bits per heavy atom. The van der Waals surface area contributed by atoms with E-state index in [2.05, 4.69) is 0 Å². The summed E-state index contributed by atoms with van der Waals surface area (Å²) in [6.07, 6.45) is 1.71. The summed E-state index contributed by atoms with van der Waals surface area (Å²) in [4.78, 5) is 0. The second-order valence-electron chi connectivity index (χ2n) is 7.25. The number of hydrogen-bond donors (Lipinski definition) is 1. The second-order valence-corrected chi connectivity index (χ2v) is 10.3. The summed E-state index contributed by atoms with van der Waals surface area (Å²) in [5.74, 6) is 0.295. The summed E-state index contributed by atoms with van der Waals surface area (Å²) in [7, 11) is -3.25. The SMILES string of the molecule is CC(C)(O)/C=C(/c1ccccc1CCl)P(=O)(c1ccccc1)c1ccccc1. The molecule has 3 aromatic rings. The Morgan fingerprint density at radius 3 is 1.82 bits per heavy atom. The molecule has 0 heterocycles. The summed E-state index contributed by atoms with van der Waals surface area (Å²) in [6, 6.07) is 26.6. The maximum Gasteiger partial charge on any atom is 0.171 e. The lowest BCUT2D eigenvalue weighted by Gasteiger charge is -2.27. The minimum atomic E-state index is -3.25. The van der Waals surface area contributed by atoms with E-state index in [0.717, 1.165) is 21.7 Å². The molecule has 0 saturated heterocycles. The van der Waals surface area contributed by atoms with Gasteiger partial charge in [-0.1, -0.05) is 84.9 Å². The van der Waals surface area contributed by atoms with Crippen LogP contribution in [0.5, 0.6) is 0 Å². The number of aliphatic hydroxyl groups is 1. The quantitative estimate of drug-likeness (QED) is 0.427. The molecule has 0 saturated carbocycles. The van der Waals surface area contributed by atoms with E-state index < -0.39 is 12.7 Å². The van der Waals surface area contributed by atoms with Gasteiger partial charge in [-0.05, 0) is 31.1 Å². The first kappa shape index (κ1) is 20.6. The molecule has 0 aliphatic rings. The average Bonchev–Trinajstić information content (AvgIpc) is 2.72. The number of halogens is 1. The first-order chi connectivity index (χ1) is 13.4. The third kappa shape index (κ3) is 4.31. The highest BCUT2D eigenvalue weighted by Crippen LogP contribution is 2.57. The molecule has 0 aromatic heterocycles. The van der Waals surface area contributed by atoms with Gasteiger partial charge in [-0.15, -0.1) is 11.6 Å². The van der Waals surface area contributed by atoms with E-state index >= 15 is 0 Å². The molecule has 2 nitrogen and oxygen atoms in total. The lowest BCUT2D eigenvalue weighted by Crippen LogP contribution is -2.21. The van der Waals surface area contributed by atoms with Crippen molar-refractivity contribution in [2.45, 2.75) is 25.3 Å². The van der Waals surface area contributed by atoms with E-state index in [1.165, 1.54) is 0 Å². The van der Waals surface area contributed by atoms with Crippen LogP contribution in [0.2, 0.25) is 0 Å². The van der Waals surface area contributed by atoms with Gasteiger partial charge >= 0.3 is 0 Å². The van der Waals surface area contributed by atoms with Crippen LogP contribution in [-0.2, 0) is 10.4 Å². The van der Waals surface area contributed by atoms with E-state index in [1.54, 1.807) is 19.9 Å². The number of rotatable bonds is 6. The molecule has 144 valence electrons. The van der Waals surface area contributed by atoms with Crippen LogP contribution in [0, 0.1) is 0 Å². The van der Waals surface area contributed by atoms with Gasteiger partial charge in [-0.3, -0.25) is 0 Å². The molecule has 0 unspecified atom stereocenters. The van der Waals surface area contributed by atoms with Crippen molar-refractivity contribution in [2.75, 3.05) is 0 Å². The molecular weight excluding hydrogens is 387 g/mol. The molecule has 0 atom stereocenters. The normalized spacial score (nSPS) is 12.8. The van der Waals surface area contributed by atoms with Crippen LogP contribution in [0.25, 0.3) is 5.31 Å². The number of hydrogen-bond acceptors (Lipinski definition) is 2. The van der Waals surface area contributed by atoms with Crippen LogP contribution >= 0.6 is 18.7 Å². The van der Waals surface area contributed by atoms with Crippen LogP contribution in [0.3, 0.4) is 0 Å². The highest BCUT2D eigenvalue weighted by molar-refractivity contribution is 7.87. The Balaban J connectivity index is 2.40. The van der Waals surface area contributed by atoms with Crippen molar-refractivity contribution in [1.82, 2.24) is 0 Å². The third-order valence-corrected chi connectivity index (χ3v) is 7.89. The highest BCUT2D eigenvalue weighted by atomic mass is 35.5. The van der Waals surface area contributed by atoms with Gasteiger partial charge in [0.15, 0.2) is 7.14 Å². The first-order valence-electron chi connectivity index (χ1n) is 9.17. The van der Waals surface area contributed by atoms with Gasteiger partial charge in [0.25, 0.3) is 0 Å². The summed E-state index contributed by atoms with van der Waals surface area (Å²) in [5, 5.41) is 12.7. The monoisotopic (exact) mass is 410 g/mol. The van der Waals surface area contributed by atoms with Gasteiger partial charge in [0.2, 0.25) is 0 Å². The van der Waals surface area contributed by atoms with E-state index in [0.29, 0.717) is 11.2 Å². The van der Waals surface area contributed by atoms with E-state index in [4.69, 9.17) is 11.6 Å². The van der Waals surface area contributed by atoms with E-state index in [-0.39, 0.29) is 0 Å². The van der Waals surface area contributed by atoms with Crippen molar-refractivity contribution in [3.8, 4) is 0 Å². The van der Waals surface area contributed by atoms with Crippen molar-refractivity contribution in [3.05, 3.63) is 102 Å². The summed E-state index contributed by atoms with van der Waals surface area (Å²) < 4.78 is 14.8. The smallest absolute Gasteiger partial charge is 0.171 e. The largest absolute Gasteiger partial charge is 0.386 e. The van der Waals surface area contributed by atoms with Crippen molar-refractivity contribution in [2.24, 2.45) is 0 Å². The molecule has 0 fully saturated rings. The maximum atomic E-state index is 14.8. The summed E-state index contributed by atoms with van der Waals surface area (Å²) in [6.45, 7) is 3.38. The Hall–Kier alpha value is -2.12. The molecule has 0 radical (unpaired) electrons. The van der Waals surface area contributed by atoms with Crippen LogP contribution in [-0.4, -0.2) is 10.7 Å². The average molecular weight is 411 g/mol. The second kappa shape index (κ2) is 8.49. The Morgan fingerprint density at radius 2 is 1.36 bits per heavy atom.